The minimum absolute atomic E-state index is 0.0347. The van der Waals surface area contributed by atoms with Gasteiger partial charge in [0, 0.05) is 44.7 Å². The van der Waals surface area contributed by atoms with E-state index in [4.69, 9.17) is 0 Å². The van der Waals surface area contributed by atoms with E-state index >= 15 is 0 Å². The summed E-state index contributed by atoms with van der Waals surface area (Å²) in [6.07, 6.45) is -4.00. The normalized spacial score (nSPS) is 21.9. The van der Waals surface area contributed by atoms with Crippen LogP contribution in [-0.4, -0.2) is 68.8 Å². The van der Waals surface area contributed by atoms with E-state index in [1.54, 1.807) is 34.9 Å². The van der Waals surface area contributed by atoms with Gasteiger partial charge in [0.1, 0.15) is 11.9 Å². The van der Waals surface area contributed by atoms with Gasteiger partial charge in [0.25, 0.3) is 0 Å². The highest BCUT2D eigenvalue weighted by atomic mass is 19.4. The van der Waals surface area contributed by atoms with Gasteiger partial charge in [0.15, 0.2) is 0 Å². The van der Waals surface area contributed by atoms with Gasteiger partial charge in [0.05, 0.1) is 28.7 Å². The minimum atomic E-state index is -5.01. The van der Waals surface area contributed by atoms with Crippen molar-refractivity contribution in [2.24, 2.45) is 11.8 Å². The predicted molar refractivity (Wildman–Crippen MR) is 189 cm³/mol. The molecule has 2 saturated heterocycles. The molecule has 1 N–H and O–H groups in total. The SMILES string of the molecule is O=C(O)C(C1CCCCC1)N1CC(CN2CCC(n3c(=O)n(Cc4cc(C(F)(F)F)cc(C(F)(F)F)c4)c4ccccc43)CC2)C(c2cccc(F)c2)C1. The average Bonchev–Trinajstić information content (AvgIpc) is 3.66. The third kappa shape index (κ3) is 7.95. The van der Waals surface area contributed by atoms with Crippen LogP contribution in [0.15, 0.2) is 71.5 Å². The summed E-state index contributed by atoms with van der Waals surface area (Å²) in [5, 5.41) is 10.4. The van der Waals surface area contributed by atoms with E-state index in [1.807, 2.05) is 6.07 Å². The molecule has 54 heavy (non-hydrogen) atoms. The van der Waals surface area contributed by atoms with Crippen molar-refractivity contribution in [3.8, 4) is 0 Å². The summed E-state index contributed by atoms with van der Waals surface area (Å²) in [5.41, 5.74) is -1.88. The number of rotatable bonds is 9. The van der Waals surface area contributed by atoms with E-state index in [-0.39, 0.29) is 41.2 Å². The molecule has 290 valence electrons. The number of benzene rings is 3. The first-order chi connectivity index (χ1) is 25.7. The molecule has 0 radical (unpaired) electrons. The Morgan fingerprint density at radius 2 is 1.44 bits per heavy atom. The Bertz CT molecular complexity index is 1990. The molecule has 7 rings (SSSR count). The summed E-state index contributed by atoms with van der Waals surface area (Å²) in [5.74, 6) is -1.13. The van der Waals surface area contributed by atoms with Crippen LogP contribution in [0.2, 0.25) is 0 Å². The van der Waals surface area contributed by atoms with E-state index in [2.05, 4.69) is 9.80 Å². The number of likely N-dealkylation sites (tertiary alicyclic amines) is 2. The molecule has 3 heterocycles. The van der Waals surface area contributed by atoms with Gasteiger partial charge in [-0.05, 0) is 91.1 Å². The monoisotopic (exact) mass is 760 g/mol. The molecule has 0 amide bonds. The van der Waals surface area contributed by atoms with Crippen LogP contribution >= 0.6 is 0 Å². The number of aromatic nitrogens is 2. The van der Waals surface area contributed by atoms with Crippen molar-refractivity contribution in [3.05, 3.63) is 105 Å². The second kappa shape index (κ2) is 15.2. The van der Waals surface area contributed by atoms with Gasteiger partial charge in [-0.15, -0.1) is 0 Å². The molecule has 0 spiro atoms. The number of piperidine rings is 1. The molecule has 1 aromatic heterocycles. The van der Waals surface area contributed by atoms with E-state index in [1.165, 1.54) is 16.7 Å². The Hall–Kier alpha value is -4.17. The zero-order valence-corrected chi connectivity index (χ0v) is 29.6. The van der Waals surface area contributed by atoms with Gasteiger partial charge in [-0.2, -0.15) is 26.3 Å². The fourth-order valence-corrected chi connectivity index (χ4v) is 9.26. The first-order valence-electron chi connectivity index (χ1n) is 18.6. The van der Waals surface area contributed by atoms with Crippen LogP contribution in [0.25, 0.3) is 11.0 Å². The molecule has 4 aromatic rings. The average molecular weight is 761 g/mol. The number of nitrogens with zero attached hydrogens (tertiary/aromatic N) is 4. The summed E-state index contributed by atoms with van der Waals surface area (Å²) >= 11 is 0. The Morgan fingerprint density at radius 1 is 0.796 bits per heavy atom. The second-order valence-electron chi connectivity index (χ2n) is 15.2. The van der Waals surface area contributed by atoms with Gasteiger partial charge >= 0.3 is 24.0 Å². The number of fused-ring (bicyclic) bond motifs is 1. The highest BCUT2D eigenvalue weighted by Crippen LogP contribution is 2.40. The molecule has 3 aromatic carbocycles. The first kappa shape index (κ1) is 38.1. The van der Waals surface area contributed by atoms with Crippen molar-refractivity contribution in [2.45, 2.75) is 81.8 Å². The molecular formula is C40H43F7N4O3. The van der Waals surface area contributed by atoms with Crippen molar-refractivity contribution in [3.63, 3.8) is 0 Å². The molecule has 3 unspecified atom stereocenters. The molecule has 3 atom stereocenters. The number of hydrogen-bond acceptors (Lipinski definition) is 4. The first-order valence-corrected chi connectivity index (χ1v) is 18.6. The van der Waals surface area contributed by atoms with Gasteiger partial charge in [-0.25, -0.2) is 9.18 Å². The number of aliphatic carboxylic acids is 1. The number of carbonyl (C=O) groups is 1. The zero-order valence-electron chi connectivity index (χ0n) is 29.6. The topological polar surface area (TPSA) is 70.7 Å². The van der Waals surface area contributed by atoms with Gasteiger partial charge in [0.2, 0.25) is 0 Å². The van der Waals surface area contributed by atoms with Crippen LogP contribution in [-0.2, 0) is 23.7 Å². The van der Waals surface area contributed by atoms with Crippen molar-refractivity contribution in [1.29, 1.82) is 0 Å². The van der Waals surface area contributed by atoms with Gasteiger partial charge in [-0.3, -0.25) is 18.8 Å². The molecule has 1 saturated carbocycles. The van der Waals surface area contributed by atoms with Crippen molar-refractivity contribution < 1.29 is 40.6 Å². The van der Waals surface area contributed by atoms with Gasteiger partial charge < -0.3 is 10.0 Å². The maximum absolute atomic E-state index is 14.4. The summed E-state index contributed by atoms with van der Waals surface area (Å²) in [4.78, 5) is 31.0. The Labute approximate surface area is 308 Å². The van der Waals surface area contributed by atoms with Crippen LogP contribution < -0.4 is 5.69 Å². The molecule has 3 fully saturated rings. The smallest absolute Gasteiger partial charge is 0.416 e. The fraction of sp³-hybridized carbons (Fsp3) is 0.500. The van der Waals surface area contributed by atoms with Crippen LogP contribution in [0.5, 0.6) is 0 Å². The molecular weight excluding hydrogens is 717 g/mol. The predicted octanol–water partition coefficient (Wildman–Crippen LogP) is 8.41. The third-order valence-electron chi connectivity index (χ3n) is 11.8. The lowest BCUT2D eigenvalue weighted by Gasteiger charge is -2.35. The summed E-state index contributed by atoms with van der Waals surface area (Å²) < 4.78 is 99.0. The van der Waals surface area contributed by atoms with Crippen molar-refractivity contribution in [2.75, 3.05) is 32.7 Å². The van der Waals surface area contributed by atoms with Gasteiger partial charge in [-0.1, -0.05) is 43.5 Å². The number of alkyl halides is 6. The van der Waals surface area contributed by atoms with E-state index in [9.17, 15) is 45.4 Å². The second-order valence-corrected chi connectivity index (χ2v) is 15.2. The minimum Gasteiger partial charge on any atom is -0.480 e. The molecule has 1 aliphatic carbocycles. The molecule has 3 aliphatic rings. The van der Waals surface area contributed by atoms with E-state index in [0.717, 1.165) is 37.7 Å². The van der Waals surface area contributed by atoms with Crippen LogP contribution in [0.3, 0.4) is 0 Å². The quantitative estimate of drug-likeness (QED) is 0.174. The lowest BCUT2D eigenvalue weighted by atomic mass is 9.83. The fourth-order valence-electron chi connectivity index (χ4n) is 9.26. The maximum atomic E-state index is 14.4. The summed E-state index contributed by atoms with van der Waals surface area (Å²) in [6, 6.07) is 13.8. The third-order valence-corrected chi connectivity index (χ3v) is 11.8. The number of carboxylic acid groups (broad SMARTS) is 1. The molecule has 0 bridgehead atoms. The van der Waals surface area contributed by atoms with Crippen LogP contribution in [0, 0.1) is 17.7 Å². The molecule has 2 aliphatic heterocycles. The summed E-state index contributed by atoms with van der Waals surface area (Å²) in [7, 11) is 0. The number of imidazole rings is 1. The van der Waals surface area contributed by atoms with Crippen LogP contribution in [0.4, 0.5) is 30.7 Å². The number of para-hydroxylation sites is 2. The standard InChI is InChI=1S/C40H43F7N4O3/c41-31-10-6-9-27(19-31)33-24-49(36(37(52)53)26-7-2-1-3-8-26)23-28(33)22-48-15-13-32(14-16-48)51-35-12-5-4-11-34(35)50(38(51)54)21-25-17-29(39(42,43)44)20-30(18-25)40(45,46)47/h4-6,9-12,17-20,26,28,32-33,36H,1-3,7-8,13-16,21-24H2,(H,52,53). The zero-order chi connectivity index (χ0) is 38.4. The number of halogens is 7. The van der Waals surface area contributed by atoms with E-state index in [0.29, 0.717) is 68.7 Å². The molecule has 7 nitrogen and oxygen atoms in total. The molecule has 14 heteroatoms. The van der Waals surface area contributed by atoms with Crippen LogP contribution in [0.1, 0.15) is 79.2 Å². The lowest BCUT2D eigenvalue weighted by molar-refractivity contribution is -0.146. The lowest BCUT2D eigenvalue weighted by Crippen LogP contribution is -2.46. The maximum Gasteiger partial charge on any atom is 0.416 e. The largest absolute Gasteiger partial charge is 0.480 e. The summed E-state index contributed by atoms with van der Waals surface area (Å²) in [6.45, 7) is 2.47. The number of hydrogen-bond donors (Lipinski definition) is 1. The van der Waals surface area contributed by atoms with E-state index < -0.39 is 47.7 Å². The Balaban J connectivity index is 1.11. The highest BCUT2D eigenvalue weighted by Gasteiger charge is 2.44. The van der Waals surface area contributed by atoms with Crippen molar-refractivity contribution >= 4 is 17.0 Å². The van der Waals surface area contributed by atoms with Crippen molar-refractivity contribution in [1.82, 2.24) is 18.9 Å². The Morgan fingerprint density at radius 3 is 2.06 bits per heavy atom. The number of carboxylic acids is 1. The Kier molecular flexibility index (Phi) is 10.7. The highest BCUT2D eigenvalue weighted by molar-refractivity contribution is 5.76.